The molecule has 60 heavy (non-hydrogen) atoms. The molecule has 0 amide bonds. The number of fused-ring (bicyclic) bond motifs is 37. The van der Waals surface area contributed by atoms with Crippen LogP contribution >= 0.6 is 0 Å². The van der Waals surface area contributed by atoms with Crippen molar-refractivity contribution in [3.63, 3.8) is 0 Å². The van der Waals surface area contributed by atoms with E-state index in [0.717, 1.165) is 68.0 Å². The molecule has 0 radical (unpaired) electrons. The quantitative estimate of drug-likeness (QED) is 0.114. The Hall–Kier alpha value is -3.40. The summed E-state index contributed by atoms with van der Waals surface area (Å²) in [6.45, 7) is 3.10. The third-order valence-electron chi connectivity index (χ3n) is 22.5. The predicted molar refractivity (Wildman–Crippen MR) is 223 cm³/mol. The lowest BCUT2D eigenvalue weighted by atomic mass is 9.14. The van der Waals surface area contributed by atoms with Crippen molar-refractivity contribution in [1.29, 1.82) is 10.5 Å². The van der Waals surface area contributed by atoms with Crippen LogP contribution in [0.3, 0.4) is 0 Å². The van der Waals surface area contributed by atoms with Gasteiger partial charge in [0.1, 0.15) is 16.9 Å². The van der Waals surface area contributed by atoms with Crippen LogP contribution in [0.4, 0.5) is 0 Å². The summed E-state index contributed by atoms with van der Waals surface area (Å²) in [7, 11) is 11.6. The Labute approximate surface area is 353 Å². The maximum Gasteiger partial charge on any atom is 0.149 e. The summed E-state index contributed by atoms with van der Waals surface area (Å²) >= 11 is 0. The molecule has 0 heterocycles. The van der Waals surface area contributed by atoms with E-state index in [0.29, 0.717) is 82.9 Å². The van der Waals surface area contributed by atoms with Crippen molar-refractivity contribution in [2.24, 2.45) is 110 Å². The molecule has 11 aliphatic rings. The number of hydrogen-bond acceptors (Lipinski definition) is 8. The van der Waals surface area contributed by atoms with E-state index in [4.69, 9.17) is 28.4 Å². The standard InChI is InChI=1S/C52H58N2O6/c1-55-20-49-34-17-35(45-44(34)51(22-57-3)42-28-15-29(43(42)52(45,51)23-58-4)37-33-12-11-32(36(28)37)48(33,18-53)19-54)50(49,21-56-2)41-31-16-30(40(41)49)38-39(31)47(60-6)27-14-25-10-8-7-9-24(25)13-26(27)46(38)59-5/h7-10,13-14,28-37,40-45H,11-12,15-17,20-23H2,1-6H3/t28-,29+,30+,31-,32+,33-,34-,35+,36-,37+,40+,41-,42-,43+,44+,45-,49-,50+,51-,52+. The Morgan fingerprint density at radius 3 is 1.37 bits per heavy atom. The Morgan fingerprint density at radius 1 is 0.533 bits per heavy atom. The van der Waals surface area contributed by atoms with E-state index in [1.54, 1.807) is 0 Å². The molecular formula is C52H58N2O6. The molecule has 14 rings (SSSR count). The Bertz CT molecular complexity index is 2360. The highest BCUT2D eigenvalue weighted by atomic mass is 16.5. The van der Waals surface area contributed by atoms with Crippen molar-refractivity contribution in [3.05, 3.63) is 47.5 Å². The molecule has 312 valence electrons. The van der Waals surface area contributed by atoms with Crippen LogP contribution in [-0.2, 0) is 18.9 Å². The van der Waals surface area contributed by atoms with E-state index in [9.17, 15) is 10.5 Å². The zero-order valence-corrected chi connectivity index (χ0v) is 35.9. The monoisotopic (exact) mass is 806 g/mol. The van der Waals surface area contributed by atoms with Gasteiger partial charge in [0.25, 0.3) is 0 Å². The van der Waals surface area contributed by atoms with Crippen molar-refractivity contribution < 1.29 is 28.4 Å². The third kappa shape index (κ3) is 3.11. The molecule has 3 aromatic rings. The fourth-order valence-corrected chi connectivity index (χ4v) is 22.8. The minimum atomic E-state index is -0.803. The summed E-state index contributed by atoms with van der Waals surface area (Å²) in [5, 5.41) is 26.2. The van der Waals surface area contributed by atoms with Gasteiger partial charge in [-0.3, -0.25) is 0 Å². The van der Waals surface area contributed by atoms with Gasteiger partial charge in [0, 0.05) is 72.0 Å². The van der Waals surface area contributed by atoms with Gasteiger partial charge in [0.15, 0.2) is 0 Å². The first-order chi connectivity index (χ1) is 29.4. The minimum Gasteiger partial charge on any atom is -0.496 e. The number of nitrogens with zero attached hydrogens (tertiary/aromatic N) is 2. The summed E-state index contributed by atoms with van der Waals surface area (Å²) in [5.74, 6) is 9.67. The third-order valence-corrected chi connectivity index (χ3v) is 22.5. The molecule has 0 N–H and O–H groups in total. The number of hydrogen-bond donors (Lipinski definition) is 0. The summed E-state index contributed by atoms with van der Waals surface area (Å²) in [6.07, 6.45) is 5.74. The number of benzene rings is 3. The Morgan fingerprint density at radius 2 is 0.967 bits per heavy atom. The molecule has 8 heteroatoms. The zero-order valence-electron chi connectivity index (χ0n) is 35.9. The minimum absolute atomic E-state index is 0.0175. The lowest BCUT2D eigenvalue weighted by Crippen LogP contribution is -2.90. The zero-order chi connectivity index (χ0) is 40.6. The molecule has 3 aromatic carbocycles. The number of nitriles is 2. The van der Waals surface area contributed by atoms with Crippen molar-refractivity contribution in [2.75, 3.05) is 69.1 Å². The van der Waals surface area contributed by atoms with E-state index in [-0.39, 0.29) is 33.5 Å². The van der Waals surface area contributed by atoms with E-state index >= 15 is 0 Å². The van der Waals surface area contributed by atoms with Gasteiger partial charge in [-0.15, -0.1) is 0 Å². The number of rotatable bonds is 10. The van der Waals surface area contributed by atoms with Gasteiger partial charge in [0.2, 0.25) is 0 Å². The average molecular weight is 807 g/mol. The SMILES string of the molecule is COC[C@@]12[C@H]3[C@H]4C[C@H]([C@H]5[C@@H]4[C@H]4CC[C@@H]5C4(C#N)C#N)[C@H]3[C@]1(COC)[C@@H]1[C@H]2[C@@H]2C[C@H]1[C@]1(COC)[C@@H]3[C@@H]([C@@H]4C[C@H]3c3c4c(OC)c4cc5ccccc5cc4c3OC)[C@]21COC. The highest BCUT2D eigenvalue weighted by Gasteiger charge is 3.00. The van der Waals surface area contributed by atoms with Gasteiger partial charge in [-0.25, -0.2) is 0 Å². The lowest BCUT2D eigenvalue weighted by molar-refractivity contribution is -0.455. The van der Waals surface area contributed by atoms with Gasteiger partial charge in [-0.05, 0) is 150 Å². The lowest BCUT2D eigenvalue weighted by Gasteiger charge is -2.89. The molecule has 11 aliphatic carbocycles. The molecule has 0 aromatic heterocycles. The van der Waals surface area contributed by atoms with Gasteiger partial charge in [0.05, 0.1) is 52.8 Å². The van der Waals surface area contributed by atoms with Gasteiger partial charge < -0.3 is 28.4 Å². The van der Waals surface area contributed by atoms with Crippen LogP contribution in [0.25, 0.3) is 21.5 Å². The second kappa shape index (κ2) is 11.2. The van der Waals surface area contributed by atoms with E-state index in [2.05, 4.69) is 48.5 Å². The maximum absolute atomic E-state index is 10.7. The fraction of sp³-hybridized carbons (Fsp3) is 0.692. The second-order valence-electron chi connectivity index (χ2n) is 22.2. The van der Waals surface area contributed by atoms with Crippen molar-refractivity contribution in [2.45, 2.75) is 43.9 Å². The van der Waals surface area contributed by atoms with Crippen LogP contribution in [0.1, 0.15) is 55.1 Å². The van der Waals surface area contributed by atoms with Crippen LogP contribution in [0.5, 0.6) is 11.5 Å². The molecule has 10 saturated carbocycles. The first-order valence-corrected chi connectivity index (χ1v) is 23.3. The van der Waals surface area contributed by atoms with E-state index in [1.807, 2.05) is 42.7 Å². The smallest absolute Gasteiger partial charge is 0.149 e. The first-order valence-electron chi connectivity index (χ1n) is 23.3. The molecule has 0 unspecified atom stereocenters. The molecule has 20 atom stereocenters. The molecule has 0 spiro atoms. The van der Waals surface area contributed by atoms with Crippen LogP contribution in [-0.4, -0.2) is 69.1 Å². The number of ether oxygens (including phenoxy) is 6. The maximum atomic E-state index is 10.7. The largest absolute Gasteiger partial charge is 0.496 e. The Kier molecular flexibility index (Phi) is 6.75. The van der Waals surface area contributed by atoms with Gasteiger partial charge >= 0.3 is 0 Å². The summed E-state index contributed by atoms with van der Waals surface area (Å²) in [5.41, 5.74) is 2.04. The number of methoxy groups -OCH3 is 6. The first kappa shape index (κ1) is 36.1. The fourth-order valence-electron chi connectivity index (χ4n) is 22.8. The van der Waals surface area contributed by atoms with Crippen LogP contribution in [0.15, 0.2) is 36.4 Å². The van der Waals surface area contributed by atoms with Crippen LogP contribution in [0, 0.1) is 133 Å². The van der Waals surface area contributed by atoms with Crippen LogP contribution < -0.4 is 9.47 Å². The normalized spacial score (nSPS) is 50.7. The van der Waals surface area contributed by atoms with E-state index < -0.39 is 5.41 Å². The van der Waals surface area contributed by atoms with Gasteiger partial charge in [-0.2, -0.15) is 10.5 Å². The topological polar surface area (TPSA) is 103 Å². The van der Waals surface area contributed by atoms with Crippen LogP contribution in [0.2, 0.25) is 0 Å². The molecule has 0 saturated heterocycles. The highest BCUT2D eigenvalue weighted by Crippen LogP contribution is 3.01. The van der Waals surface area contributed by atoms with Gasteiger partial charge in [-0.1, -0.05) is 24.3 Å². The molecule has 0 aliphatic heterocycles. The summed E-state index contributed by atoms with van der Waals surface area (Å²) in [6, 6.07) is 18.7. The Balaban J connectivity index is 0.951. The van der Waals surface area contributed by atoms with Crippen molar-refractivity contribution >= 4 is 21.5 Å². The summed E-state index contributed by atoms with van der Waals surface area (Å²) < 4.78 is 39.4. The van der Waals surface area contributed by atoms with Crippen molar-refractivity contribution in [3.8, 4) is 23.6 Å². The summed E-state index contributed by atoms with van der Waals surface area (Å²) in [4.78, 5) is 0. The average Bonchev–Trinajstić information content (AvgIpc) is 4.14. The predicted octanol–water partition coefficient (Wildman–Crippen LogP) is 8.47. The van der Waals surface area contributed by atoms with E-state index in [1.165, 1.54) is 34.7 Å². The molecule has 8 nitrogen and oxygen atoms in total. The second-order valence-corrected chi connectivity index (χ2v) is 22.2. The molecule has 8 bridgehead atoms. The molecular weight excluding hydrogens is 749 g/mol. The highest BCUT2D eigenvalue weighted by molar-refractivity contribution is 6.05. The van der Waals surface area contributed by atoms with Crippen molar-refractivity contribution in [1.82, 2.24) is 0 Å². The molecule has 10 fully saturated rings.